The van der Waals surface area contributed by atoms with Crippen molar-refractivity contribution < 1.29 is 5.11 Å². The monoisotopic (exact) mass is 269 g/mol. The van der Waals surface area contributed by atoms with Crippen LogP contribution in [0.5, 0.6) is 5.75 Å². The lowest BCUT2D eigenvalue weighted by molar-refractivity contribution is 0.245. The molecule has 1 aromatic carbocycles. The fourth-order valence-electron chi connectivity index (χ4n) is 2.28. The second kappa shape index (κ2) is 3.80. The Hall–Kier alpha value is -0.540. The molecule has 0 aliphatic heterocycles. The maximum absolute atomic E-state index is 9.97. The second-order valence-electron chi connectivity index (χ2n) is 4.46. The van der Waals surface area contributed by atoms with Gasteiger partial charge in [-0.2, -0.15) is 0 Å². The predicted molar refractivity (Wildman–Crippen MR) is 65.1 cm³/mol. The van der Waals surface area contributed by atoms with Crippen molar-refractivity contribution in [2.75, 3.05) is 6.54 Å². The average Bonchev–Trinajstić information content (AvgIpc) is 2.12. The molecule has 0 amide bonds. The van der Waals surface area contributed by atoms with Crippen LogP contribution in [0.4, 0.5) is 0 Å². The largest absolute Gasteiger partial charge is 0.508 e. The van der Waals surface area contributed by atoms with Crippen molar-refractivity contribution in [2.45, 2.75) is 31.6 Å². The quantitative estimate of drug-likeness (QED) is 0.868. The first-order valence-corrected chi connectivity index (χ1v) is 6.08. The minimum Gasteiger partial charge on any atom is -0.508 e. The normalized spacial score (nSPS) is 18.6. The Kier molecular flexibility index (Phi) is 2.77. The van der Waals surface area contributed by atoms with Crippen molar-refractivity contribution in [3.8, 4) is 5.75 Å². The molecule has 0 unspecified atom stereocenters. The molecule has 0 aromatic heterocycles. The Morgan fingerprint density at radius 3 is 2.60 bits per heavy atom. The van der Waals surface area contributed by atoms with Crippen LogP contribution in [-0.2, 0) is 5.41 Å². The van der Waals surface area contributed by atoms with E-state index in [1.54, 1.807) is 0 Å². The zero-order valence-corrected chi connectivity index (χ0v) is 10.5. The summed E-state index contributed by atoms with van der Waals surface area (Å²) >= 11 is 3.50. The van der Waals surface area contributed by atoms with E-state index < -0.39 is 0 Å². The molecule has 1 aliphatic rings. The SMILES string of the molecule is Cc1cc(O)c(C2(CN)CCC2)cc1Br. The van der Waals surface area contributed by atoms with Crippen LogP contribution < -0.4 is 5.73 Å². The summed E-state index contributed by atoms with van der Waals surface area (Å²) in [5, 5.41) is 9.97. The van der Waals surface area contributed by atoms with Crippen molar-refractivity contribution in [1.82, 2.24) is 0 Å². The third kappa shape index (κ3) is 1.68. The van der Waals surface area contributed by atoms with Crippen molar-refractivity contribution >= 4 is 15.9 Å². The molecule has 1 saturated carbocycles. The highest BCUT2D eigenvalue weighted by molar-refractivity contribution is 9.10. The Morgan fingerprint density at radius 1 is 1.47 bits per heavy atom. The highest BCUT2D eigenvalue weighted by Gasteiger charge is 2.39. The number of phenolic OH excluding ortho intramolecular Hbond substituents is 1. The lowest BCUT2D eigenvalue weighted by atomic mass is 9.64. The Labute approximate surface area is 98.6 Å². The number of aromatic hydroxyl groups is 1. The van der Waals surface area contributed by atoms with Crippen LogP contribution in [0.25, 0.3) is 0 Å². The molecular formula is C12H16BrNO. The van der Waals surface area contributed by atoms with E-state index in [2.05, 4.69) is 15.9 Å². The van der Waals surface area contributed by atoms with Gasteiger partial charge in [-0.1, -0.05) is 22.4 Å². The van der Waals surface area contributed by atoms with E-state index in [9.17, 15) is 5.11 Å². The van der Waals surface area contributed by atoms with E-state index in [-0.39, 0.29) is 5.41 Å². The number of phenols is 1. The number of nitrogens with two attached hydrogens (primary N) is 1. The van der Waals surface area contributed by atoms with E-state index in [4.69, 9.17) is 5.73 Å². The molecule has 1 aromatic rings. The molecule has 0 heterocycles. The van der Waals surface area contributed by atoms with E-state index in [0.29, 0.717) is 12.3 Å². The molecule has 0 atom stereocenters. The maximum atomic E-state index is 9.97. The summed E-state index contributed by atoms with van der Waals surface area (Å²) in [6.07, 6.45) is 3.39. The highest BCUT2D eigenvalue weighted by Crippen LogP contribution is 2.47. The molecule has 2 nitrogen and oxygen atoms in total. The molecule has 0 spiro atoms. The molecule has 3 heteroatoms. The average molecular weight is 270 g/mol. The molecule has 2 rings (SSSR count). The molecule has 15 heavy (non-hydrogen) atoms. The van der Waals surface area contributed by atoms with E-state index in [1.807, 2.05) is 19.1 Å². The van der Waals surface area contributed by atoms with Gasteiger partial charge in [0.05, 0.1) is 0 Å². The lowest BCUT2D eigenvalue weighted by Crippen LogP contribution is -2.41. The molecular weight excluding hydrogens is 254 g/mol. The van der Waals surface area contributed by atoms with Crippen LogP contribution in [0.3, 0.4) is 0 Å². The first kappa shape index (κ1) is 11.0. The number of hydrogen-bond acceptors (Lipinski definition) is 2. The molecule has 1 fully saturated rings. The predicted octanol–water partition coefficient (Wildman–Crippen LogP) is 2.84. The zero-order chi connectivity index (χ0) is 11.1. The second-order valence-corrected chi connectivity index (χ2v) is 5.31. The molecule has 0 radical (unpaired) electrons. The third-order valence-electron chi connectivity index (χ3n) is 3.55. The number of benzene rings is 1. The van der Waals surface area contributed by atoms with Crippen LogP contribution in [0, 0.1) is 6.92 Å². The third-order valence-corrected chi connectivity index (χ3v) is 4.40. The zero-order valence-electron chi connectivity index (χ0n) is 8.89. The first-order valence-electron chi connectivity index (χ1n) is 5.29. The summed E-state index contributed by atoms with van der Waals surface area (Å²) in [4.78, 5) is 0. The van der Waals surface area contributed by atoms with Crippen LogP contribution in [0.15, 0.2) is 16.6 Å². The maximum Gasteiger partial charge on any atom is 0.119 e. The van der Waals surface area contributed by atoms with Crippen LogP contribution in [0.2, 0.25) is 0 Å². The number of hydrogen-bond donors (Lipinski definition) is 2. The summed E-state index contributed by atoms with van der Waals surface area (Å²) in [5.41, 5.74) is 7.93. The van der Waals surface area contributed by atoms with E-state index >= 15 is 0 Å². The summed E-state index contributed by atoms with van der Waals surface area (Å²) in [6, 6.07) is 3.84. The van der Waals surface area contributed by atoms with Gasteiger partial charge in [-0.25, -0.2) is 0 Å². The summed E-state index contributed by atoms with van der Waals surface area (Å²) in [7, 11) is 0. The van der Waals surface area contributed by atoms with E-state index in [0.717, 1.165) is 28.4 Å². The van der Waals surface area contributed by atoms with E-state index in [1.165, 1.54) is 6.42 Å². The first-order chi connectivity index (χ1) is 7.09. The van der Waals surface area contributed by atoms with Crippen molar-refractivity contribution in [3.05, 3.63) is 27.7 Å². The van der Waals surface area contributed by atoms with Gasteiger partial charge in [-0.05, 0) is 37.5 Å². The van der Waals surface area contributed by atoms with Gasteiger partial charge in [0.25, 0.3) is 0 Å². The van der Waals surface area contributed by atoms with Gasteiger partial charge in [0.15, 0.2) is 0 Å². The van der Waals surface area contributed by atoms with Crippen LogP contribution in [-0.4, -0.2) is 11.7 Å². The molecule has 82 valence electrons. The van der Waals surface area contributed by atoms with Gasteiger partial charge in [-0.3, -0.25) is 0 Å². The van der Waals surface area contributed by atoms with Crippen LogP contribution in [0.1, 0.15) is 30.4 Å². The molecule has 3 N–H and O–H groups in total. The number of rotatable bonds is 2. The molecule has 0 bridgehead atoms. The van der Waals surface area contributed by atoms with Crippen LogP contribution >= 0.6 is 15.9 Å². The highest BCUT2D eigenvalue weighted by atomic mass is 79.9. The fraction of sp³-hybridized carbons (Fsp3) is 0.500. The molecule has 1 aliphatic carbocycles. The van der Waals surface area contributed by atoms with Gasteiger partial charge in [-0.15, -0.1) is 0 Å². The number of aryl methyl sites for hydroxylation is 1. The standard InChI is InChI=1S/C12H16BrNO/c1-8-5-11(15)9(6-10(8)13)12(7-14)3-2-4-12/h5-6,15H,2-4,7,14H2,1H3. The minimum atomic E-state index is 0.0281. The topological polar surface area (TPSA) is 46.2 Å². The Morgan fingerprint density at radius 2 is 2.13 bits per heavy atom. The smallest absolute Gasteiger partial charge is 0.119 e. The minimum absolute atomic E-state index is 0.0281. The molecule has 0 saturated heterocycles. The van der Waals surface area contributed by atoms with Gasteiger partial charge in [0.1, 0.15) is 5.75 Å². The van der Waals surface area contributed by atoms with Crippen molar-refractivity contribution in [3.63, 3.8) is 0 Å². The van der Waals surface area contributed by atoms with Crippen molar-refractivity contribution in [1.29, 1.82) is 0 Å². The summed E-state index contributed by atoms with van der Waals surface area (Å²) in [6.45, 7) is 2.60. The lowest BCUT2D eigenvalue weighted by Gasteiger charge is -2.42. The van der Waals surface area contributed by atoms with Gasteiger partial charge >= 0.3 is 0 Å². The van der Waals surface area contributed by atoms with Gasteiger partial charge in [0.2, 0.25) is 0 Å². The Balaban J connectivity index is 2.47. The summed E-state index contributed by atoms with van der Waals surface area (Å²) in [5.74, 6) is 0.390. The fourth-order valence-corrected chi connectivity index (χ4v) is 2.62. The summed E-state index contributed by atoms with van der Waals surface area (Å²) < 4.78 is 1.05. The van der Waals surface area contributed by atoms with Crippen molar-refractivity contribution in [2.24, 2.45) is 5.73 Å². The van der Waals surface area contributed by atoms with Gasteiger partial charge < -0.3 is 10.8 Å². The van der Waals surface area contributed by atoms with Gasteiger partial charge in [0, 0.05) is 22.0 Å². The number of halogens is 1. The Bertz CT molecular complexity index is 380.